The Bertz CT molecular complexity index is 327. The minimum Gasteiger partial charge on any atom is -0.507 e. The van der Waals surface area contributed by atoms with Crippen LogP contribution in [0.1, 0.15) is 19.8 Å². The predicted octanol–water partition coefficient (Wildman–Crippen LogP) is 3.05. The van der Waals surface area contributed by atoms with Gasteiger partial charge >= 0.3 is 0 Å². The van der Waals surface area contributed by atoms with Crippen LogP contribution in [0.15, 0.2) is 29.2 Å². The number of rotatable bonds is 3. The van der Waals surface area contributed by atoms with Gasteiger partial charge in [-0.1, -0.05) is 12.1 Å². The zero-order valence-corrected chi connectivity index (χ0v) is 9.67. The average molecular weight is 224 g/mol. The minimum absolute atomic E-state index is 0.351. The molecule has 15 heavy (non-hydrogen) atoms. The van der Waals surface area contributed by atoms with Crippen LogP contribution >= 0.6 is 11.8 Å². The van der Waals surface area contributed by atoms with Gasteiger partial charge in [0, 0.05) is 10.6 Å². The van der Waals surface area contributed by atoms with Crippen molar-refractivity contribution in [2.24, 2.45) is 0 Å². The SMILES string of the molecule is CC1CCC(CSc2ccccc2O)O1. The first kappa shape index (κ1) is 10.8. The quantitative estimate of drug-likeness (QED) is 0.800. The van der Waals surface area contributed by atoms with Gasteiger partial charge < -0.3 is 9.84 Å². The number of para-hydroxylation sites is 1. The summed E-state index contributed by atoms with van der Waals surface area (Å²) >= 11 is 1.67. The number of hydrogen-bond donors (Lipinski definition) is 1. The first-order valence-electron chi connectivity index (χ1n) is 5.32. The van der Waals surface area contributed by atoms with Gasteiger partial charge in [-0.3, -0.25) is 0 Å². The Labute approximate surface area is 94.6 Å². The summed E-state index contributed by atoms with van der Waals surface area (Å²) in [6.45, 7) is 2.12. The van der Waals surface area contributed by atoms with E-state index in [0.29, 0.717) is 18.0 Å². The van der Waals surface area contributed by atoms with E-state index in [-0.39, 0.29) is 0 Å². The van der Waals surface area contributed by atoms with Crippen LogP contribution in [0.3, 0.4) is 0 Å². The van der Waals surface area contributed by atoms with Gasteiger partial charge in [0.2, 0.25) is 0 Å². The fourth-order valence-electron chi connectivity index (χ4n) is 1.77. The molecular weight excluding hydrogens is 208 g/mol. The molecule has 0 radical (unpaired) electrons. The number of phenols is 1. The van der Waals surface area contributed by atoms with E-state index in [1.165, 1.54) is 0 Å². The fourth-order valence-corrected chi connectivity index (χ4v) is 2.77. The highest BCUT2D eigenvalue weighted by Gasteiger charge is 2.21. The van der Waals surface area contributed by atoms with Crippen molar-refractivity contribution < 1.29 is 9.84 Å². The van der Waals surface area contributed by atoms with E-state index in [4.69, 9.17) is 4.74 Å². The highest BCUT2D eigenvalue weighted by Crippen LogP contribution is 2.31. The number of thioether (sulfide) groups is 1. The van der Waals surface area contributed by atoms with Crippen molar-refractivity contribution in [2.75, 3.05) is 5.75 Å². The summed E-state index contributed by atoms with van der Waals surface area (Å²) in [4.78, 5) is 0.945. The van der Waals surface area contributed by atoms with Gasteiger partial charge in [-0.05, 0) is 31.9 Å². The molecule has 82 valence electrons. The molecule has 0 saturated carbocycles. The second kappa shape index (κ2) is 4.90. The van der Waals surface area contributed by atoms with E-state index in [9.17, 15) is 5.11 Å². The largest absolute Gasteiger partial charge is 0.507 e. The third-order valence-electron chi connectivity index (χ3n) is 2.61. The smallest absolute Gasteiger partial charge is 0.129 e. The lowest BCUT2D eigenvalue weighted by atomic mass is 10.2. The molecule has 1 fully saturated rings. The minimum atomic E-state index is 0.351. The van der Waals surface area contributed by atoms with Gasteiger partial charge in [-0.25, -0.2) is 0 Å². The lowest BCUT2D eigenvalue weighted by Gasteiger charge is -2.10. The molecule has 1 N–H and O–H groups in total. The van der Waals surface area contributed by atoms with Crippen molar-refractivity contribution >= 4 is 11.8 Å². The summed E-state index contributed by atoms with van der Waals surface area (Å²) in [7, 11) is 0. The predicted molar refractivity (Wildman–Crippen MR) is 62.4 cm³/mol. The van der Waals surface area contributed by atoms with Crippen LogP contribution in [-0.2, 0) is 4.74 Å². The van der Waals surface area contributed by atoms with Crippen LogP contribution in [0.5, 0.6) is 5.75 Å². The van der Waals surface area contributed by atoms with E-state index in [0.717, 1.165) is 23.5 Å². The monoisotopic (exact) mass is 224 g/mol. The summed E-state index contributed by atoms with van der Waals surface area (Å²) < 4.78 is 5.72. The van der Waals surface area contributed by atoms with Gasteiger partial charge in [0.1, 0.15) is 5.75 Å². The summed E-state index contributed by atoms with van der Waals surface area (Å²) in [5.74, 6) is 1.30. The van der Waals surface area contributed by atoms with E-state index in [2.05, 4.69) is 6.92 Å². The molecule has 0 bridgehead atoms. The molecule has 1 aliphatic heterocycles. The molecule has 0 spiro atoms. The average Bonchev–Trinajstić information content (AvgIpc) is 2.63. The number of benzene rings is 1. The van der Waals surface area contributed by atoms with Crippen LogP contribution in [0.25, 0.3) is 0 Å². The van der Waals surface area contributed by atoms with Gasteiger partial charge in [-0.15, -0.1) is 11.8 Å². The third-order valence-corrected chi connectivity index (χ3v) is 3.80. The number of hydrogen-bond acceptors (Lipinski definition) is 3. The second-order valence-corrected chi connectivity index (χ2v) is 4.99. The molecule has 1 aliphatic rings. The Kier molecular flexibility index (Phi) is 3.54. The summed E-state index contributed by atoms with van der Waals surface area (Å²) in [5, 5.41) is 9.57. The summed E-state index contributed by atoms with van der Waals surface area (Å²) in [5.41, 5.74) is 0. The maximum Gasteiger partial charge on any atom is 0.129 e. The highest BCUT2D eigenvalue weighted by atomic mass is 32.2. The Balaban J connectivity index is 1.86. The van der Waals surface area contributed by atoms with Crippen molar-refractivity contribution in [1.29, 1.82) is 0 Å². The molecule has 1 saturated heterocycles. The summed E-state index contributed by atoms with van der Waals surface area (Å²) in [6, 6.07) is 7.45. The lowest BCUT2D eigenvalue weighted by molar-refractivity contribution is 0.0700. The third kappa shape index (κ3) is 2.89. The standard InChI is InChI=1S/C12H16O2S/c1-9-6-7-10(14-9)8-15-12-5-3-2-4-11(12)13/h2-5,9-10,13H,6-8H2,1H3. The van der Waals surface area contributed by atoms with Gasteiger partial charge in [0.25, 0.3) is 0 Å². The maximum atomic E-state index is 9.57. The van der Waals surface area contributed by atoms with Crippen LogP contribution in [-0.4, -0.2) is 23.1 Å². The van der Waals surface area contributed by atoms with Crippen LogP contribution in [0, 0.1) is 0 Å². The number of ether oxygens (including phenoxy) is 1. The van der Waals surface area contributed by atoms with Crippen molar-refractivity contribution in [3.63, 3.8) is 0 Å². The normalized spacial score (nSPS) is 25.7. The number of phenolic OH excluding ortho intramolecular Hbond substituents is 1. The van der Waals surface area contributed by atoms with E-state index in [1.807, 2.05) is 18.2 Å². The Morgan fingerprint density at radius 1 is 1.40 bits per heavy atom. The number of aromatic hydroxyl groups is 1. The fraction of sp³-hybridized carbons (Fsp3) is 0.500. The molecule has 2 unspecified atom stereocenters. The Morgan fingerprint density at radius 2 is 2.20 bits per heavy atom. The Hall–Kier alpha value is -0.670. The molecule has 0 aromatic heterocycles. The first-order chi connectivity index (χ1) is 7.25. The van der Waals surface area contributed by atoms with Gasteiger partial charge in [0.15, 0.2) is 0 Å². The summed E-state index contributed by atoms with van der Waals surface area (Å²) in [6.07, 6.45) is 3.05. The van der Waals surface area contributed by atoms with Crippen molar-refractivity contribution in [1.82, 2.24) is 0 Å². The van der Waals surface area contributed by atoms with Gasteiger partial charge in [-0.2, -0.15) is 0 Å². The highest BCUT2D eigenvalue weighted by molar-refractivity contribution is 7.99. The van der Waals surface area contributed by atoms with E-state index < -0.39 is 0 Å². The molecule has 2 atom stereocenters. The molecule has 0 aliphatic carbocycles. The van der Waals surface area contributed by atoms with Crippen LogP contribution in [0.4, 0.5) is 0 Å². The first-order valence-corrected chi connectivity index (χ1v) is 6.30. The molecule has 1 aromatic rings. The molecule has 0 amide bonds. The molecule has 2 nitrogen and oxygen atoms in total. The van der Waals surface area contributed by atoms with Crippen LogP contribution in [0.2, 0.25) is 0 Å². The molecule has 2 rings (SSSR count). The van der Waals surface area contributed by atoms with E-state index in [1.54, 1.807) is 17.8 Å². The molecule has 3 heteroatoms. The second-order valence-electron chi connectivity index (χ2n) is 3.92. The lowest BCUT2D eigenvalue weighted by Crippen LogP contribution is -2.10. The van der Waals surface area contributed by atoms with Crippen LogP contribution < -0.4 is 0 Å². The molecule has 1 heterocycles. The molecule has 1 aromatic carbocycles. The topological polar surface area (TPSA) is 29.5 Å². The zero-order valence-electron chi connectivity index (χ0n) is 8.85. The molecular formula is C12H16O2S. The zero-order chi connectivity index (χ0) is 10.7. The van der Waals surface area contributed by atoms with Gasteiger partial charge in [0.05, 0.1) is 12.2 Å². The van der Waals surface area contributed by atoms with E-state index >= 15 is 0 Å². The van der Waals surface area contributed by atoms with Crippen molar-refractivity contribution in [3.05, 3.63) is 24.3 Å². The van der Waals surface area contributed by atoms with Crippen molar-refractivity contribution in [3.8, 4) is 5.75 Å². The Morgan fingerprint density at radius 3 is 2.87 bits per heavy atom. The maximum absolute atomic E-state index is 9.57. The van der Waals surface area contributed by atoms with Crippen molar-refractivity contribution in [2.45, 2.75) is 36.9 Å².